The first-order valence-electron chi connectivity index (χ1n) is 7.82. The molecule has 0 spiro atoms. The van der Waals surface area contributed by atoms with Gasteiger partial charge in [-0.15, -0.1) is 0 Å². The molecule has 0 saturated carbocycles. The molecule has 2 aromatic rings. The lowest BCUT2D eigenvalue weighted by atomic mass is 9.99. The summed E-state index contributed by atoms with van der Waals surface area (Å²) in [5.74, 6) is 0.404. The molecule has 0 heterocycles. The van der Waals surface area contributed by atoms with Gasteiger partial charge in [0.25, 0.3) is 0 Å². The third-order valence-electron chi connectivity index (χ3n) is 4.13. The zero-order valence-corrected chi connectivity index (χ0v) is 16.2. The van der Waals surface area contributed by atoms with E-state index in [2.05, 4.69) is 18.6 Å². The minimum atomic E-state index is -3.63. The second kappa shape index (κ2) is 7.87. The van der Waals surface area contributed by atoms with Gasteiger partial charge in [0, 0.05) is 16.1 Å². The summed E-state index contributed by atoms with van der Waals surface area (Å²) < 4.78 is 27.8. The second-order valence-electron chi connectivity index (χ2n) is 5.89. The van der Waals surface area contributed by atoms with Crippen molar-refractivity contribution in [1.82, 2.24) is 4.72 Å². The van der Waals surface area contributed by atoms with Crippen LogP contribution in [0.3, 0.4) is 0 Å². The molecule has 0 amide bonds. The van der Waals surface area contributed by atoms with Gasteiger partial charge in [0.05, 0.1) is 4.90 Å². The minimum absolute atomic E-state index is 0.242. The van der Waals surface area contributed by atoms with Crippen molar-refractivity contribution >= 4 is 33.2 Å². The molecule has 0 aliphatic heterocycles. The van der Waals surface area contributed by atoms with Crippen LogP contribution in [-0.4, -0.2) is 8.42 Å². The molecule has 0 aliphatic rings. The Bertz CT molecular complexity index is 804. The van der Waals surface area contributed by atoms with Gasteiger partial charge in [0.2, 0.25) is 10.0 Å². The Kier molecular flexibility index (Phi) is 6.32. The molecule has 2 rings (SSSR count). The smallest absolute Gasteiger partial charge is 0.207 e. The fourth-order valence-electron chi connectivity index (χ4n) is 2.43. The van der Waals surface area contributed by atoms with E-state index in [1.165, 1.54) is 0 Å². The molecule has 1 N–H and O–H groups in total. The fraction of sp³-hybridized carbons (Fsp3) is 0.333. The number of rotatable bonds is 6. The first kappa shape index (κ1) is 19.3. The van der Waals surface area contributed by atoms with Gasteiger partial charge in [-0.1, -0.05) is 55.2 Å². The summed E-state index contributed by atoms with van der Waals surface area (Å²) in [7, 11) is -3.63. The zero-order valence-electron chi connectivity index (χ0n) is 13.9. The average molecular weight is 386 g/mol. The highest BCUT2D eigenvalue weighted by molar-refractivity contribution is 7.89. The van der Waals surface area contributed by atoms with Gasteiger partial charge in [-0.25, -0.2) is 13.1 Å². The summed E-state index contributed by atoms with van der Waals surface area (Å²) in [5, 5.41) is 0.948. The molecule has 0 radical (unpaired) electrons. The topological polar surface area (TPSA) is 46.2 Å². The number of hydrogen-bond donors (Lipinski definition) is 1. The summed E-state index contributed by atoms with van der Waals surface area (Å²) in [6, 6.07) is 11.6. The number of nitrogens with one attached hydrogen (secondary N) is 1. The van der Waals surface area contributed by atoms with Crippen molar-refractivity contribution in [2.45, 2.75) is 44.0 Å². The van der Waals surface area contributed by atoms with Gasteiger partial charge in [0.1, 0.15) is 0 Å². The summed E-state index contributed by atoms with van der Waals surface area (Å²) in [6.07, 6.45) is 1.01. The van der Waals surface area contributed by atoms with Crippen molar-refractivity contribution in [2.24, 2.45) is 0 Å². The number of sulfonamides is 1. The van der Waals surface area contributed by atoms with E-state index in [-0.39, 0.29) is 4.90 Å². The molecule has 0 unspecified atom stereocenters. The van der Waals surface area contributed by atoms with Crippen LogP contribution in [0.1, 0.15) is 50.3 Å². The van der Waals surface area contributed by atoms with Gasteiger partial charge in [-0.05, 0) is 54.7 Å². The third-order valence-corrected chi connectivity index (χ3v) is 6.25. The molecule has 3 nitrogen and oxygen atoms in total. The lowest BCUT2D eigenvalue weighted by molar-refractivity contribution is 0.567. The van der Waals surface area contributed by atoms with Crippen molar-refractivity contribution in [1.29, 1.82) is 0 Å². The van der Waals surface area contributed by atoms with E-state index in [0.717, 1.165) is 12.0 Å². The molecular formula is C18H21Cl2NO2S. The standard InChI is InChI=1S/C18H21Cl2NO2S/c1-4-12(2)14-5-8-16(9-6-14)24(22,23)21-13(3)17-10-7-15(19)11-18(17)20/h5-13,21H,4H2,1-3H3/t12-,13+/m1/s1. The van der Waals surface area contributed by atoms with Crippen LogP contribution in [0.5, 0.6) is 0 Å². The molecule has 2 atom stereocenters. The van der Waals surface area contributed by atoms with Gasteiger partial charge >= 0.3 is 0 Å². The van der Waals surface area contributed by atoms with Crippen molar-refractivity contribution in [3.8, 4) is 0 Å². The van der Waals surface area contributed by atoms with Crippen LogP contribution in [0.4, 0.5) is 0 Å². The van der Waals surface area contributed by atoms with Gasteiger partial charge < -0.3 is 0 Å². The molecule has 2 aromatic carbocycles. The molecule has 0 aromatic heterocycles. The Labute approximate surface area is 154 Å². The summed E-state index contributed by atoms with van der Waals surface area (Å²) in [5.41, 5.74) is 1.81. The predicted molar refractivity (Wildman–Crippen MR) is 100 cm³/mol. The Balaban J connectivity index is 2.21. The van der Waals surface area contributed by atoms with Gasteiger partial charge in [0.15, 0.2) is 0 Å². The number of benzene rings is 2. The molecule has 0 bridgehead atoms. The van der Waals surface area contributed by atoms with Crippen molar-refractivity contribution in [2.75, 3.05) is 0 Å². The van der Waals surface area contributed by atoms with Gasteiger partial charge in [-0.3, -0.25) is 0 Å². The molecule has 130 valence electrons. The van der Waals surface area contributed by atoms with Crippen LogP contribution in [-0.2, 0) is 10.0 Å². The summed E-state index contributed by atoms with van der Waals surface area (Å²) in [4.78, 5) is 0.242. The first-order valence-corrected chi connectivity index (χ1v) is 10.1. The van der Waals surface area contributed by atoms with Crippen LogP contribution in [0.2, 0.25) is 10.0 Å². The quantitative estimate of drug-likeness (QED) is 0.708. The van der Waals surface area contributed by atoms with Crippen LogP contribution in [0.25, 0.3) is 0 Å². The van der Waals surface area contributed by atoms with E-state index in [0.29, 0.717) is 21.5 Å². The van der Waals surface area contributed by atoms with Crippen molar-refractivity contribution in [3.05, 3.63) is 63.6 Å². The SMILES string of the molecule is CC[C@@H](C)c1ccc(S(=O)(=O)N[C@@H](C)c2ccc(Cl)cc2Cl)cc1. The van der Waals surface area contributed by atoms with Crippen molar-refractivity contribution in [3.63, 3.8) is 0 Å². The first-order chi connectivity index (χ1) is 11.2. The van der Waals surface area contributed by atoms with E-state index in [9.17, 15) is 8.42 Å². The van der Waals surface area contributed by atoms with E-state index in [1.807, 2.05) is 12.1 Å². The monoisotopic (exact) mass is 385 g/mol. The molecule has 24 heavy (non-hydrogen) atoms. The second-order valence-corrected chi connectivity index (χ2v) is 8.44. The highest BCUT2D eigenvalue weighted by Crippen LogP contribution is 2.27. The van der Waals surface area contributed by atoms with Crippen LogP contribution in [0.15, 0.2) is 47.4 Å². The minimum Gasteiger partial charge on any atom is -0.207 e. The molecule has 0 aliphatic carbocycles. The Morgan fingerprint density at radius 1 is 1.04 bits per heavy atom. The Morgan fingerprint density at radius 3 is 2.21 bits per heavy atom. The average Bonchev–Trinajstić information content (AvgIpc) is 2.53. The summed E-state index contributed by atoms with van der Waals surface area (Å²) >= 11 is 12.0. The maximum Gasteiger partial charge on any atom is 0.241 e. The van der Waals surface area contributed by atoms with Crippen LogP contribution >= 0.6 is 23.2 Å². The molecule has 6 heteroatoms. The normalized spacial score (nSPS) is 14.4. The highest BCUT2D eigenvalue weighted by Gasteiger charge is 2.20. The fourth-order valence-corrected chi connectivity index (χ4v) is 4.22. The van der Waals surface area contributed by atoms with E-state index < -0.39 is 16.1 Å². The van der Waals surface area contributed by atoms with E-state index in [4.69, 9.17) is 23.2 Å². The molecule has 0 fully saturated rings. The lowest BCUT2D eigenvalue weighted by Crippen LogP contribution is -2.27. The van der Waals surface area contributed by atoms with Crippen molar-refractivity contribution < 1.29 is 8.42 Å². The third kappa shape index (κ3) is 4.51. The van der Waals surface area contributed by atoms with E-state index in [1.54, 1.807) is 37.3 Å². The zero-order chi connectivity index (χ0) is 17.9. The van der Waals surface area contributed by atoms with Crippen LogP contribution in [0, 0.1) is 0 Å². The van der Waals surface area contributed by atoms with Crippen LogP contribution < -0.4 is 4.72 Å². The lowest BCUT2D eigenvalue weighted by Gasteiger charge is -2.17. The molecular weight excluding hydrogens is 365 g/mol. The maximum atomic E-state index is 12.6. The summed E-state index contributed by atoms with van der Waals surface area (Å²) in [6.45, 7) is 5.97. The number of halogens is 2. The maximum absolute atomic E-state index is 12.6. The largest absolute Gasteiger partial charge is 0.241 e. The molecule has 0 saturated heterocycles. The highest BCUT2D eigenvalue weighted by atomic mass is 35.5. The Hall–Kier alpha value is -1.07. The van der Waals surface area contributed by atoms with E-state index >= 15 is 0 Å². The predicted octanol–water partition coefficient (Wildman–Crippen LogP) is 5.55. The van der Waals surface area contributed by atoms with Gasteiger partial charge in [-0.2, -0.15) is 0 Å². The number of hydrogen-bond acceptors (Lipinski definition) is 2. The Morgan fingerprint density at radius 2 is 1.67 bits per heavy atom.